The number of halogens is 3. The molecule has 0 saturated carbocycles. The Morgan fingerprint density at radius 3 is 3.00 bits per heavy atom. The van der Waals surface area contributed by atoms with Gasteiger partial charge in [0.1, 0.15) is 11.6 Å². The van der Waals surface area contributed by atoms with Gasteiger partial charge in [0.2, 0.25) is 0 Å². The number of fused-ring (bicyclic) bond motifs is 1. The highest BCUT2D eigenvalue weighted by molar-refractivity contribution is 6.42. The van der Waals surface area contributed by atoms with Gasteiger partial charge in [-0.25, -0.2) is 14.2 Å². The van der Waals surface area contributed by atoms with Crippen molar-refractivity contribution in [1.29, 1.82) is 0 Å². The standard InChI is InChI=1S/C15H15Cl2FN4O/c16-10-5-12(18)13(6-11(10)17)21-15(23)20-7-9-1-2-14-19-3-4-22(14)8-9/h3-6,9H,1-2,7-8H2,(H2,20,21,23). The van der Waals surface area contributed by atoms with Crippen molar-refractivity contribution in [3.05, 3.63) is 46.2 Å². The maximum Gasteiger partial charge on any atom is 0.319 e. The molecule has 1 aromatic heterocycles. The highest BCUT2D eigenvalue weighted by Crippen LogP contribution is 2.28. The van der Waals surface area contributed by atoms with E-state index in [2.05, 4.69) is 20.2 Å². The summed E-state index contributed by atoms with van der Waals surface area (Å²) in [5, 5.41) is 5.49. The van der Waals surface area contributed by atoms with E-state index in [1.54, 1.807) is 6.20 Å². The highest BCUT2D eigenvalue weighted by Gasteiger charge is 2.19. The fourth-order valence-corrected chi connectivity index (χ4v) is 2.94. The molecule has 1 aliphatic rings. The summed E-state index contributed by atoms with van der Waals surface area (Å²) in [5.74, 6) is 0.764. The number of imidazole rings is 1. The fraction of sp³-hybridized carbons (Fsp3) is 0.333. The first-order valence-electron chi connectivity index (χ1n) is 7.22. The van der Waals surface area contributed by atoms with Gasteiger partial charge in [0.25, 0.3) is 0 Å². The van der Waals surface area contributed by atoms with Crippen LogP contribution in [0.5, 0.6) is 0 Å². The number of hydrogen-bond donors (Lipinski definition) is 2. The first kappa shape index (κ1) is 16.1. The second kappa shape index (κ2) is 6.76. The summed E-state index contributed by atoms with van der Waals surface area (Å²) in [6.07, 6.45) is 5.57. The minimum atomic E-state index is -0.629. The van der Waals surface area contributed by atoms with Crippen LogP contribution in [0.1, 0.15) is 12.2 Å². The SMILES string of the molecule is O=C(NCC1CCc2nccn2C1)Nc1cc(Cl)c(Cl)cc1F. The molecule has 0 bridgehead atoms. The maximum absolute atomic E-state index is 13.7. The Morgan fingerprint density at radius 1 is 1.39 bits per heavy atom. The number of nitrogens with zero attached hydrogens (tertiary/aromatic N) is 2. The van der Waals surface area contributed by atoms with Crippen molar-refractivity contribution >= 4 is 34.9 Å². The van der Waals surface area contributed by atoms with E-state index in [9.17, 15) is 9.18 Å². The molecule has 8 heteroatoms. The summed E-state index contributed by atoms with van der Waals surface area (Å²) in [6, 6.07) is 1.89. The molecule has 0 fully saturated rings. The molecule has 0 spiro atoms. The molecule has 1 aromatic carbocycles. The second-order valence-corrected chi connectivity index (χ2v) is 6.30. The summed E-state index contributed by atoms with van der Waals surface area (Å²) >= 11 is 11.5. The average molecular weight is 357 g/mol. The molecule has 0 saturated heterocycles. The molecule has 2 heterocycles. The van der Waals surface area contributed by atoms with E-state index in [1.807, 2.05) is 6.20 Å². The first-order valence-corrected chi connectivity index (χ1v) is 7.98. The summed E-state index contributed by atoms with van der Waals surface area (Å²) in [5.41, 5.74) is -0.00237. The highest BCUT2D eigenvalue weighted by atomic mass is 35.5. The summed E-state index contributed by atoms with van der Waals surface area (Å²) in [7, 11) is 0. The van der Waals surface area contributed by atoms with E-state index >= 15 is 0 Å². The van der Waals surface area contributed by atoms with Gasteiger partial charge < -0.3 is 15.2 Å². The number of amides is 2. The second-order valence-electron chi connectivity index (χ2n) is 5.48. The third-order valence-electron chi connectivity index (χ3n) is 3.84. The first-order chi connectivity index (χ1) is 11.0. The normalized spacial score (nSPS) is 16.7. The van der Waals surface area contributed by atoms with Gasteiger partial charge >= 0.3 is 6.03 Å². The number of benzene rings is 1. The summed E-state index contributed by atoms with van der Waals surface area (Å²) < 4.78 is 15.8. The van der Waals surface area contributed by atoms with Crippen molar-refractivity contribution < 1.29 is 9.18 Å². The molecular weight excluding hydrogens is 342 g/mol. The zero-order valence-electron chi connectivity index (χ0n) is 12.2. The monoisotopic (exact) mass is 356 g/mol. The topological polar surface area (TPSA) is 59.0 Å². The van der Waals surface area contributed by atoms with Gasteiger partial charge in [0.15, 0.2) is 0 Å². The third kappa shape index (κ3) is 3.76. The van der Waals surface area contributed by atoms with Crippen LogP contribution < -0.4 is 10.6 Å². The van der Waals surface area contributed by atoms with Crippen molar-refractivity contribution in [3.63, 3.8) is 0 Å². The van der Waals surface area contributed by atoms with Crippen LogP contribution >= 0.6 is 23.2 Å². The Labute approximate surface area is 142 Å². The van der Waals surface area contributed by atoms with Gasteiger partial charge in [0.05, 0.1) is 15.7 Å². The number of carbonyl (C=O) groups is 1. The van der Waals surface area contributed by atoms with Crippen LogP contribution in [0.2, 0.25) is 10.0 Å². The fourth-order valence-electron chi connectivity index (χ4n) is 2.63. The third-order valence-corrected chi connectivity index (χ3v) is 4.56. The lowest BCUT2D eigenvalue weighted by molar-refractivity contribution is 0.247. The molecule has 0 aliphatic carbocycles. The number of anilines is 1. The average Bonchev–Trinajstić information content (AvgIpc) is 2.98. The Balaban J connectivity index is 1.53. The van der Waals surface area contributed by atoms with Gasteiger partial charge in [-0.05, 0) is 24.5 Å². The Bertz CT molecular complexity index is 734. The van der Waals surface area contributed by atoms with E-state index in [4.69, 9.17) is 23.2 Å². The quantitative estimate of drug-likeness (QED) is 0.823. The smallest absolute Gasteiger partial charge is 0.319 e. The summed E-state index contributed by atoms with van der Waals surface area (Å²) in [4.78, 5) is 16.2. The van der Waals surface area contributed by atoms with E-state index in [1.165, 1.54) is 6.07 Å². The molecule has 0 radical (unpaired) electrons. The maximum atomic E-state index is 13.7. The number of urea groups is 1. The van der Waals surface area contributed by atoms with E-state index < -0.39 is 11.8 Å². The zero-order chi connectivity index (χ0) is 16.4. The van der Waals surface area contributed by atoms with Crippen LogP contribution in [0.3, 0.4) is 0 Å². The largest absolute Gasteiger partial charge is 0.338 e. The van der Waals surface area contributed by atoms with E-state index in [0.717, 1.165) is 31.3 Å². The Morgan fingerprint density at radius 2 is 2.17 bits per heavy atom. The lowest BCUT2D eigenvalue weighted by Crippen LogP contribution is -2.36. The van der Waals surface area contributed by atoms with Crippen molar-refractivity contribution in [3.8, 4) is 0 Å². The van der Waals surface area contributed by atoms with Crippen LogP contribution in [-0.2, 0) is 13.0 Å². The molecule has 122 valence electrons. The van der Waals surface area contributed by atoms with Gasteiger partial charge in [0, 0.05) is 31.9 Å². The van der Waals surface area contributed by atoms with Crippen LogP contribution in [0.4, 0.5) is 14.9 Å². The minimum Gasteiger partial charge on any atom is -0.338 e. The number of rotatable bonds is 3. The molecular formula is C15H15Cl2FN4O. The van der Waals surface area contributed by atoms with Gasteiger partial charge in [-0.2, -0.15) is 0 Å². The molecule has 2 N–H and O–H groups in total. The number of hydrogen-bond acceptors (Lipinski definition) is 2. The predicted octanol–water partition coefficient (Wildman–Crippen LogP) is 3.71. The number of carbonyl (C=O) groups excluding carboxylic acids is 1. The summed E-state index contributed by atoms with van der Waals surface area (Å²) in [6.45, 7) is 1.32. The molecule has 2 aromatic rings. The van der Waals surface area contributed by atoms with Crippen molar-refractivity contribution in [1.82, 2.24) is 14.9 Å². The van der Waals surface area contributed by atoms with Crippen molar-refractivity contribution in [2.75, 3.05) is 11.9 Å². The molecule has 3 rings (SSSR count). The van der Waals surface area contributed by atoms with Crippen LogP contribution in [0, 0.1) is 11.7 Å². The molecule has 5 nitrogen and oxygen atoms in total. The number of aryl methyl sites for hydroxylation is 1. The van der Waals surface area contributed by atoms with Crippen LogP contribution in [0.25, 0.3) is 0 Å². The predicted molar refractivity (Wildman–Crippen MR) is 87.5 cm³/mol. The lowest BCUT2D eigenvalue weighted by atomic mass is 9.99. The molecule has 1 unspecified atom stereocenters. The number of aromatic nitrogens is 2. The molecule has 2 amide bonds. The van der Waals surface area contributed by atoms with Crippen LogP contribution in [-0.4, -0.2) is 22.1 Å². The van der Waals surface area contributed by atoms with Crippen LogP contribution in [0.15, 0.2) is 24.5 Å². The molecule has 1 aliphatic heterocycles. The Hall–Kier alpha value is -1.79. The van der Waals surface area contributed by atoms with Crippen molar-refractivity contribution in [2.24, 2.45) is 5.92 Å². The molecule has 23 heavy (non-hydrogen) atoms. The lowest BCUT2D eigenvalue weighted by Gasteiger charge is -2.24. The van der Waals surface area contributed by atoms with E-state index in [0.29, 0.717) is 12.5 Å². The zero-order valence-corrected chi connectivity index (χ0v) is 13.7. The van der Waals surface area contributed by atoms with Gasteiger partial charge in [-0.15, -0.1) is 0 Å². The van der Waals surface area contributed by atoms with E-state index in [-0.39, 0.29) is 15.7 Å². The van der Waals surface area contributed by atoms with Crippen molar-refractivity contribution in [2.45, 2.75) is 19.4 Å². The Kier molecular flexibility index (Phi) is 4.73. The van der Waals surface area contributed by atoms with Gasteiger partial charge in [-0.1, -0.05) is 23.2 Å². The molecule has 1 atom stereocenters. The minimum absolute atomic E-state index is 0.00237. The van der Waals surface area contributed by atoms with Gasteiger partial charge in [-0.3, -0.25) is 0 Å². The number of nitrogens with one attached hydrogen (secondary N) is 2.